The van der Waals surface area contributed by atoms with Crippen molar-refractivity contribution in [2.45, 2.75) is 5.03 Å². The number of thioether (sulfide) groups is 1. The molecule has 1 aliphatic rings. The topological polar surface area (TPSA) is 185 Å². The molecule has 2 aromatic rings. The molecule has 1 aliphatic heterocycles. The fraction of sp³-hybridized carbons (Fsp3) is 0.158. The first kappa shape index (κ1) is 31.3. The molecule has 13 nitrogen and oxygen atoms in total. The highest BCUT2D eigenvalue weighted by atomic mass is 35.5. The van der Waals surface area contributed by atoms with Crippen LogP contribution in [0.25, 0.3) is 6.08 Å². The maximum atomic E-state index is 11.6. The number of nitrogen functional groups attached to an aromatic ring is 1. The van der Waals surface area contributed by atoms with Crippen molar-refractivity contribution in [3.05, 3.63) is 51.2 Å². The molecule has 0 fully saturated rings. The molecule has 0 radical (unpaired) electrons. The van der Waals surface area contributed by atoms with Crippen LogP contribution in [-0.2, 0) is 28.6 Å². The second-order valence-corrected chi connectivity index (χ2v) is 9.68. The van der Waals surface area contributed by atoms with Gasteiger partial charge in [0.2, 0.25) is 0 Å². The van der Waals surface area contributed by atoms with Crippen molar-refractivity contribution in [2.24, 2.45) is 4.99 Å². The van der Waals surface area contributed by atoms with Crippen molar-refractivity contribution in [1.29, 1.82) is 0 Å². The van der Waals surface area contributed by atoms with Crippen LogP contribution in [0, 0.1) is 0 Å². The molecule has 19 heteroatoms. The first-order valence-corrected chi connectivity index (χ1v) is 12.6. The number of nitrogens with zero attached hydrogens (tertiary/aromatic N) is 4. The second kappa shape index (κ2) is 14.3. The number of carbonyl (C=O) groups excluding carboxylic acids is 3. The molecule has 0 saturated heterocycles. The summed E-state index contributed by atoms with van der Waals surface area (Å²) in [6.07, 6.45) is 1.99. The van der Waals surface area contributed by atoms with Gasteiger partial charge in [0.25, 0.3) is 5.56 Å². The summed E-state index contributed by atoms with van der Waals surface area (Å²) in [6, 6.07) is 0. The van der Waals surface area contributed by atoms with Crippen LogP contribution in [0.3, 0.4) is 0 Å². The summed E-state index contributed by atoms with van der Waals surface area (Å²) in [6.45, 7) is 0. The van der Waals surface area contributed by atoms with Crippen LogP contribution in [0.2, 0.25) is 10.3 Å². The average molecular weight is 644 g/mol. The van der Waals surface area contributed by atoms with Gasteiger partial charge in [0.1, 0.15) is 19.6 Å². The molecule has 3 rings (SSSR count). The molecule has 0 saturated carbocycles. The third-order valence-corrected chi connectivity index (χ3v) is 7.00. The van der Waals surface area contributed by atoms with Gasteiger partial charge in [-0.15, -0.1) is 11.3 Å². The monoisotopic (exact) mass is 642 g/mol. The van der Waals surface area contributed by atoms with Crippen LogP contribution in [-0.4, -0.2) is 54.2 Å². The number of fused-ring (bicyclic) bond motifs is 1. The molecule has 0 spiro atoms. The van der Waals surface area contributed by atoms with Crippen molar-refractivity contribution < 1.29 is 28.6 Å². The number of methoxy groups -OCH3 is 3. The Balaban J connectivity index is 0.000000268. The molecule has 0 aromatic carbocycles. The first-order valence-electron chi connectivity index (χ1n) is 9.46. The number of anilines is 2. The third-order valence-electron chi connectivity index (χ3n) is 3.74. The Morgan fingerprint density at radius 1 is 0.974 bits per heavy atom. The van der Waals surface area contributed by atoms with Crippen LogP contribution in [0.4, 0.5) is 11.6 Å². The Hall–Kier alpha value is -2.95. The number of hydrogen-bond acceptors (Lipinski definition) is 15. The Morgan fingerprint density at radius 3 is 2.21 bits per heavy atom. The highest BCUT2D eigenvalue weighted by Crippen LogP contribution is 2.32. The molecule has 0 aliphatic carbocycles. The lowest BCUT2D eigenvalue weighted by atomic mass is 10.5. The van der Waals surface area contributed by atoms with Crippen LogP contribution in [0.15, 0.2) is 36.1 Å². The third kappa shape index (κ3) is 8.54. The van der Waals surface area contributed by atoms with Gasteiger partial charge in [0.05, 0.1) is 21.3 Å². The zero-order valence-electron chi connectivity index (χ0n) is 19.2. The van der Waals surface area contributed by atoms with Gasteiger partial charge in [-0.3, -0.25) is 4.79 Å². The van der Waals surface area contributed by atoms with Gasteiger partial charge in [-0.1, -0.05) is 58.2 Å². The quantitative estimate of drug-likeness (QED) is 0.158. The zero-order chi connectivity index (χ0) is 28.6. The summed E-state index contributed by atoms with van der Waals surface area (Å²) in [5.74, 6) is -1.96. The van der Waals surface area contributed by atoms with E-state index in [2.05, 4.69) is 39.5 Å². The molecule has 3 heterocycles. The number of nitrogens with one attached hydrogen (secondary N) is 1. The lowest BCUT2D eigenvalue weighted by molar-refractivity contribution is -0.137. The van der Waals surface area contributed by atoms with Crippen molar-refractivity contribution >= 4 is 105 Å². The minimum Gasteiger partial charge on any atom is -0.466 e. The molecule has 0 atom stereocenters. The number of ether oxygens (including phenoxy) is 3. The van der Waals surface area contributed by atoms with E-state index in [4.69, 9.17) is 52.1 Å². The van der Waals surface area contributed by atoms with Crippen LogP contribution < -0.4 is 25.8 Å². The smallest absolute Gasteiger partial charge is 0.345 e. The van der Waals surface area contributed by atoms with Crippen molar-refractivity contribution in [3.8, 4) is 0 Å². The summed E-state index contributed by atoms with van der Waals surface area (Å²) in [4.78, 5) is 60.7. The average Bonchev–Trinajstić information content (AvgIpc) is 2.88. The van der Waals surface area contributed by atoms with Gasteiger partial charge in [0.15, 0.2) is 31.8 Å². The largest absolute Gasteiger partial charge is 0.466 e. The van der Waals surface area contributed by atoms with Crippen molar-refractivity contribution in [1.82, 2.24) is 15.0 Å². The van der Waals surface area contributed by atoms with Gasteiger partial charge in [0, 0.05) is 12.2 Å². The maximum Gasteiger partial charge on any atom is 0.345 e. The van der Waals surface area contributed by atoms with Gasteiger partial charge in [-0.25, -0.2) is 29.3 Å². The normalized spacial score (nSPS) is 12.8. The van der Waals surface area contributed by atoms with E-state index in [9.17, 15) is 19.2 Å². The fourth-order valence-corrected chi connectivity index (χ4v) is 4.34. The summed E-state index contributed by atoms with van der Waals surface area (Å²) < 4.78 is 13.9. The predicted molar refractivity (Wildman–Crippen MR) is 142 cm³/mol. The highest BCUT2D eigenvalue weighted by molar-refractivity contribution is 8.04. The number of aromatic nitrogens is 3. The minimum absolute atomic E-state index is 0.0379. The zero-order valence-corrected chi connectivity index (χ0v) is 23.9. The molecule has 0 bridgehead atoms. The van der Waals surface area contributed by atoms with Gasteiger partial charge in [-0.2, -0.15) is 4.98 Å². The van der Waals surface area contributed by atoms with Crippen molar-refractivity contribution in [2.75, 3.05) is 32.4 Å². The summed E-state index contributed by atoms with van der Waals surface area (Å²) in [5.41, 5.74) is 5.04. The SMILES string of the molecule is COC(=O)/C=C(/Sc1nc(Cl)c(Cl)nc1N)C(=O)OC.COC(=O)C=c1sc2c(nc1=O)NC(Cl)=C(Cl)N=2. The minimum atomic E-state index is -0.757. The fourth-order valence-electron chi connectivity index (χ4n) is 2.08. The Bertz CT molecular complexity index is 1530. The predicted octanol–water partition coefficient (Wildman–Crippen LogP) is 1.79. The number of nitrogens with two attached hydrogens (primary N) is 1. The highest BCUT2D eigenvalue weighted by Gasteiger charge is 2.19. The van der Waals surface area contributed by atoms with Crippen molar-refractivity contribution in [3.63, 3.8) is 0 Å². The summed E-state index contributed by atoms with van der Waals surface area (Å²) in [5, 5.41) is 2.75. The van der Waals surface area contributed by atoms with E-state index in [1.807, 2.05) is 0 Å². The molecule has 38 heavy (non-hydrogen) atoms. The number of esters is 3. The Morgan fingerprint density at radius 2 is 1.61 bits per heavy atom. The summed E-state index contributed by atoms with van der Waals surface area (Å²) in [7, 11) is 3.55. The van der Waals surface area contributed by atoms with Gasteiger partial charge < -0.3 is 25.3 Å². The molecule has 3 N–H and O–H groups in total. The van der Waals surface area contributed by atoms with E-state index >= 15 is 0 Å². The Labute approximate surface area is 241 Å². The van der Waals surface area contributed by atoms with E-state index < -0.39 is 23.5 Å². The lowest BCUT2D eigenvalue weighted by Crippen LogP contribution is -2.32. The summed E-state index contributed by atoms with van der Waals surface area (Å²) >= 11 is 24.5. The molecule has 2 aromatic heterocycles. The first-order chi connectivity index (χ1) is 17.9. The molecular formula is C19H14Cl4N6O7S2. The van der Waals surface area contributed by atoms with E-state index in [0.29, 0.717) is 4.67 Å². The van der Waals surface area contributed by atoms with Crippen LogP contribution in [0.5, 0.6) is 0 Å². The van der Waals surface area contributed by atoms with E-state index in [-0.39, 0.29) is 46.7 Å². The molecule has 202 valence electrons. The van der Waals surface area contributed by atoms with E-state index in [1.54, 1.807) is 0 Å². The molecule has 0 unspecified atom stereocenters. The van der Waals surface area contributed by atoms with Gasteiger partial charge >= 0.3 is 17.9 Å². The number of rotatable bonds is 5. The lowest BCUT2D eigenvalue weighted by Gasteiger charge is -2.08. The standard InChI is InChI=1S/C10H9Cl2N3O4S.C9H5Cl2N3O3S/c1-18-5(16)3-4(10(17)19-2)20-9-8(13)14-6(11)7(12)15-9;1-17-4(15)2-3-8(16)14-7-9(18-3)13-6(11)5(10)12-7/h3H,1-2H3,(H2,13,14);2H,1H3,(H,12,14,16)/b4-3+;. The van der Waals surface area contributed by atoms with Gasteiger partial charge in [-0.05, 0) is 0 Å². The number of carbonyl (C=O) groups is 3. The van der Waals surface area contributed by atoms with E-state index in [0.717, 1.165) is 42.4 Å². The van der Waals surface area contributed by atoms with Crippen LogP contribution in [0.1, 0.15) is 0 Å². The maximum absolute atomic E-state index is 11.6. The van der Waals surface area contributed by atoms with Crippen LogP contribution >= 0.6 is 69.5 Å². The Kier molecular flexibility index (Phi) is 11.7. The van der Waals surface area contributed by atoms with E-state index in [1.165, 1.54) is 14.2 Å². The number of halogens is 4. The number of hydrogen-bond donors (Lipinski definition) is 2. The second-order valence-electron chi connectivity index (χ2n) is 6.17. The molecular weight excluding hydrogens is 630 g/mol. The molecule has 0 amide bonds.